The lowest BCUT2D eigenvalue weighted by Crippen LogP contribution is -2.30. The number of hydrogen-bond acceptors (Lipinski definition) is 5. The second-order valence-corrected chi connectivity index (χ2v) is 4.27. The van der Waals surface area contributed by atoms with Crippen LogP contribution >= 0.6 is 11.3 Å². The number of halogens is 3. The highest BCUT2D eigenvalue weighted by atomic mass is 32.1. The second kappa shape index (κ2) is 4.46. The zero-order valence-electron chi connectivity index (χ0n) is 8.85. The lowest BCUT2D eigenvalue weighted by molar-refractivity contribution is -0.167. The number of anilines is 1. The van der Waals surface area contributed by atoms with Crippen LogP contribution in [0.25, 0.3) is 10.3 Å². The first-order valence-corrected chi connectivity index (χ1v) is 5.47. The van der Waals surface area contributed by atoms with Crippen molar-refractivity contribution in [2.75, 3.05) is 5.32 Å². The Kier molecular flexibility index (Phi) is 3.10. The Labute approximate surface area is 106 Å². The van der Waals surface area contributed by atoms with E-state index in [1.54, 1.807) is 0 Å². The van der Waals surface area contributed by atoms with Gasteiger partial charge in [0.05, 0.1) is 5.69 Å². The van der Waals surface area contributed by atoms with Crippen molar-refractivity contribution in [3.8, 4) is 0 Å². The summed E-state index contributed by atoms with van der Waals surface area (Å²) in [5.74, 6) is -3.73. The zero-order valence-corrected chi connectivity index (χ0v) is 9.67. The van der Waals surface area contributed by atoms with Crippen molar-refractivity contribution < 1.29 is 27.9 Å². The number of carboxylic acids is 1. The number of carbonyl (C=O) groups is 2. The summed E-state index contributed by atoms with van der Waals surface area (Å²) >= 11 is 0.629. The van der Waals surface area contributed by atoms with Crippen LogP contribution in [0.4, 0.5) is 18.9 Å². The van der Waals surface area contributed by atoms with Gasteiger partial charge in [-0.3, -0.25) is 4.79 Å². The lowest BCUT2D eigenvalue weighted by Gasteiger charge is -2.07. The molecule has 0 aliphatic carbocycles. The third-order valence-corrected chi connectivity index (χ3v) is 3.09. The normalized spacial score (nSPS) is 11.5. The van der Waals surface area contributed by atoms with Gasteiger partial charge in [-0.25, -0.2) is 14.8 Å². The van der Waals surface area contributed by atoms with Crippen molar-refractivity contribution in [3.05, 3.63) is 17.3 Å². The summed E-state index contributed by atoms with van der Waals surface area (Å²) in [5.41, 5.74) is -0.592. The molecule has 0 saturated heterocycles. The first kappa shape index (κ1) is 13.2. The van der Waals surface area contributed by atoms with Crippen molar-refractivity contribution >= 4 is 39.2 Å². The highest BCUT2D eigenvalue weighted by molar-refractivity contribution is 7.21. The van der Waals surface area contributed by atoms with Crippen molar-refractivity contribution in [1.82, 2.24) is 9.97 Å². The number of aromatic carboxylic acids is 1. The number of nitrogens with zero attached hydrogens (tertiary/aromatic N) is 2. The molecule has 0 unspecified atom stereocenters. The highest BCUT2D eigenvalue weighted by Crippen LogP contribution is 2.34. The number of carbonyl (C=O) groups excluding carboxylic acids is 1. The Bertz CT molecular complexity index is 668. The number of thiophene rings is 1. The highest BCUT2D eigenvalue weighted by Gasteiger charge is 2.40. The van der Waals surface area contributed by atoms with Crippen molar-refractivity contribution in [3.63, 3.8) is 0 Å². The minimum Gasteiger partial charge on any atom is -0.477 e. The Morgan fingerprint density at radius 3 is 2.47 bits per heavy atom. The maximum atomic E-state index is 12.2. The fraction of sp³-hybridized carbons (Fsp3) is 0.111. The van der Waals surface area contributed by atoms with Crippen LogP contribution in [0.5, 0.6) is 0 Å². The number of carboxylic acid groups (broad SMARTS) is 1. The quantitative estimate of drug-likeness (QED) is 0.881. The third-order valence-electron chi connectivity index (χ3n) is 2.02. The van der Waals surface area contributed by atoms with Gasteiger partial charge in [-0.1, -0.05) is 0 Å². The zero-order chi connectivity index (χ0) is 14.2. The van der Waals surface area contributed by atoms with Crippen LogP contribution in [-0.2, 0) is 4.79 Å². The summed E-state index contributed by atoms with van der Waals surface area (Å²) in [5, 5.41) is 10.4. The van der Waals surface area contributed by atoms with Crippen LogP contribution in [0.2, 0.25) is 0 Å². The molecule has 2 aromatic rings. The summed E-state index contributed by atoms with van der Waals surface area (Å²) in [6, 6.07) is 0. The van der Waals surface area contributed by atoms with Crippen molar-refractivity contribution in [2.24, 2.45) is 0 Å². The SMILES string of the molecule is O=C(O)c1sc2nccnc2c1NC(=O)C(F)(F)F. The summed E-state index contributed by atoms with van der Waals surface area (Å²) < 4.78 is 36.5. The van der Waals surface area contributed by atoms with E-state index >= 15 is 0 Å². The van der Waals surface area contributed by atoms with E-state index in [1.165, 1.54) is 17.7 Å². The van der Waals surface area contributed by atoms with Crippen LogP contribution in [0.15, 0.2) is 12.4 Å². The number of fused-ring (bicyclic) bond motifs is 1. The molecular weight excluding hydrogens is 287 g/mol. The maximum Gasteiger partial charge on any atom is 0.471 e. The molecule has 19 heavy (non-hydrogen) atoms. The lowest BCUT2D eigenvalue weighted by atomic mass is 10.3. The minimum atomic E-state index is -5.12. The average Bonchev–Trinajstić information content (AvgIpc) is 2.67. The second-order valence-electron chi connectivity index (χ2n) is 3.27. The Hall–Kier alpha value is -2.23. The molecule has 0 saturated carbocycles. The Morgan fingerprint density at radius 1 is 1.26 bits per heavy atom. The molecule has 0 spiro atoms. The van der Waals surface area contributed by atoms with Gasteiger partial charge in [0, 0.05) is 12.4 Å². The van der Waals surface area contributed by atoms with E-state index in [0.29, 0.717) is 11.3 Å². The minimum absolute atomic E-state index is 0.0949. The molecule has 2 aromatic heterocycles. The number of rotatable bonds is 2. The van der Waals surface area contributed by atoms with Crippen LogP contribution in [0, 0.1) is 0 Å². The first-order chi connectivity index (χ1) is 8.80. The van der Waals surface area contributed by atoms with Gasteiger partial charge in [-0.05, 0) is 0 Å². The molecular formula is C9H4F3N3O3S. The molecule has 2 heterocycles. The monoisotopic (exact) mass is 291 g/mol. The predicted octanol–water partition coefficient (Wildman–Crippen LogP) is 1.89. The van der Waals surface area contributed by atoms with Crippen molar-refractivity contribution in [2.45, 2.75) is 6.18 Å². The number of hydrogen-bond donors (Lipinski definition) is 2. The summed E-state index contributed by atoms with van der Waals surface area (Å²) in [7, 11) is 0. The van der Waals surface area contributed by atoms with Crippen molar-refractivity contribution in [1.29, 1.82) is 0 Å². The largest absolute Gasteiger partial charge is 0.477 e. The smallest absolute Gasteiger partial charge is 0.471 e. The fourth-order valence-corrected chi connectivity index (χ4v) is 2.17. The maximum absolute atomic E-state index is 12.2. The van der Waals surface area contributed by atoms with Gasteiger partial charge in [0.25, 0.3) is 0 Å². The van der Waals surface area contributed by atoms with Gasteiger partial charge in [0.2, 0.25) is 0 Å². The van der Waals surface area contributed by atoms with Gasteiger partial charge < -0.3 is 10.4 Å². The molecule has 0 bridgehead atoms. The summed E-state index contributed by atoms with van der Waals surface area (Å²) in [6.45, 7) is 0. The van der Waals surface area contributed by atoms with Crippen LogP contribution in [0.1, 0.15) is 9.67 Å². The molecule has 0 atom stereocenters. The molecule has 1 amide bonds. The van der Waals surface area contributed by atoms with Crippen LogP contribution in [-0.4, -0.2) is 33.1 Å². The van der Waals surface area contributed by atoms with Gasteiger partial charge in [0.1, 0.15) is 15.2 Å². The average molecular weight is 291 g/mol. The number of nitrogens with one attached hydrogen (secondary N) is 1. The molecule has 10 heteroatoms. The molecule has 0 aromatic carbocycles. The molecule has 2 rings (SSSR count). The van der Waals surface area contributed by atoms with E-state index in [1.807, 2.05) is 0 Å². The van der Waals surface area contributed by atoms with E-state index in [-0.39, 0.29) is 10.3 Å². The standard InChI is InChI=1S/C9H4F3N3O3S/c10-9(11,12)8(18)15-3-4-6(14-2-1-13-4)19-5(3)7(16)17/h1-2H,(H,15,18)(H,16,17). The third kappa shape index (κ3) is 2.47. The number of alkyl halides is 3. The molecule has 6 nitrogen and oxygen atoms in total. The number of amides is 1. The molecule has 0 aliphatic heterocycles. The molecule has 0 radical (unpaired) electrons. The molecule has 0 fully saturated rings. The van der Waals surface area contributed by atoms with E-state index < -0.39 is 28.6 Å². The van der Waals surface area contributed by atoms with Gasteiger partial charge in [-0.2, -0.15) is 13.2 Å². The molecule has 0 aliphatic rings. The van der Waals surface area contributed by atoms with Crippen LogP contribution < -0.4 is 5.32 Å². The first-order valence-electron chi connectivity index (χ1n) is 4.65. The predicted molar refractivity (Wildman–Crippen MR) is 59.1 cm³/mol. The fourth-order valence-electron chi connectivity index (χ4n) is 1.28. The Balaban J connectivity index is 2.54. The van der Waals surface area contributed by atoms with Crippen LogP contribution in [0.3, 0.4) is 0 Å². The van der Waals surface area contributed by atoms with Gasteiger partial charge in [0.15, 0.2) is 0 Å². The van der Waals surface area contributed by atoms with E-state index in [2.05, 4.69) is 9.97 Å². The Morgan fingerprint density at radius 2 is 1.89 bits per heavy atom. The van der Waals surface area contributed by atoms with E-state index in [9.17, 15) is 22.8 Å². The molecule has 100 valence electrons. The summed E-state index contributed by atoms with van der Waals surface area (Å²) in [6.07, 6.45) is -2.67. The number of aromatic nitrogens is 2. The van der Waals surface area contributed by atoms with E-state index in [4.69, 9.17) is 5.11 Å². The topological polar surface area (TPSA) is 92.2 Å². The summed E-state index contributed by atoms with van der Waals surface area (Å²) in [4.78, 5) is 29.0. The van der Waals surface area contributed by atoms with Gasteiger partial charge >= 0.3 is 18.1 Å². The molecule has 2 N–H and O–H groups in total. The van der Waals surface area contributed by atoms with E-state index in [0.717, 1.165) is 0 Å². The van der Waals surface area contributed by atoms with Gasteiger partial charge in [-0.15, -0.1) is 11.3 Å².